The van der Waals surface area contributed by atoms with E-state index in [4.69, 9.17) is 5.11 Å². The standard InChI is InChI=1S/C16H20N2O2/c1-11-17-14(15(19)20)10-18(11)9-12-5-7-13(8-6-12)16(2,3)4/h5-8,10H,9H2,1-4H3,(H,19,20). The zero-order valence-corrected chi connectivity index (χ0v) is 12.3. The van der Waals surface area contributed by atoms with E-state index in [1.165, 1.54) is 5.56 Å². The molecule has 1 heterocycles. The highest BCUT2D eigenvalue weighted by Crippen LogP contribution is 2.22. The van der Waals surface area contributed by atoms with Crippen LogP contribution in [0.3, 0.4) is 0 Å². The first kappa shape index (κ1) is 14.3. The number of hydrogen-bond donors (Lipinski definition) is 1. The maximum atomic E-state index is 10.9. The SMILES string of the molecule is Cc1nc(C(=O)O)cn1Cc1ccc(C(C)(C)C)cc1. The van der Waals surface area contributed by atoms with Crippen LogP contribution in [-0.2, 0) is 12.0 Å². The lowest BCUT2D eigenvalue weighted by Gasteiger charge is -2.19. The van der Waals surface area contributed by atoms with E-state index in [-0.39, 0.29) is 11.1 Å². The second kappa shape index (κ2) is 5.12. The van der Waals surface area contributed by atoms with Crippen molar-refractivity contribution < 1.29 is 9.90 Å². The molecule has 0 fully saturated rings. The number of benzene rings is 1. The summed E-state index contributed by atoms with van der Waals surface area (Å²) in [5.41, 5.74) is 2.65. The molecule has 4 heteroatoms. The minimum atomic E-state index is -0.991. The molecule has 2 aromatic rings. The fourth-order valence-electron chi connectivity index (χ4n) is 2.08. The molecule has 2 rings (SSSR count). The summed E-state index contributed by atoms with van der Waals surface area (Å²) in [7, 11) is 0. The van der Waals surface area contributed by atoms with E-state index < -0.39 is 5.97 Å². The monoisotopic (exact) mass is 272 g/mol. The first-order valence-corrected chi connectivity index (χ1v) is 6.64. The van der Waals surface area contributed by atoms with Crippen molar-refractivity contribution in [1.29, 1.82) is 0 Å². The number of rotatable bonds is 3. The van der Waals surface area contributed by atoms with Gasteiger partial charge in [-0.15, -0.1) is 0 Å². The van der Waals surface area contributed by atoms with Gasteiger partial charge in [0, 0.05) is 12.7 Å². The third-order valence-corrected chi connectivity index (χ3v) is 3.37. The fourth-order valence-corrected chi connectivity index (χ4v) is 2.08. The third-order valence-electron chi connectivity index (χ3n) is 3.37. The second-order valence-corrected chi connectivity index (χ2v) is 6.05. The van der Waals surface area contributed by atoms with Crippen molar-refractivity contribution in [3.63, 3.8) is 0 Å². The van der Waals surface area contributed by atoms with Crippen molar-refractivity contribution in [2.24, 2.45) is 0 Å². The highest BCUT2D eigenvalue weighted by Gasteiger charge is 2.14. The Morgan fingerprint density at radius 3 is 2.30 bits per heavy atom. The summed E-state index contributed by atoms with van der Waals surface area (Å²) < 4.78 is 1.86. The van der Waals surface area contributed by atoms with Gasteiger partial charge in [0.15, 0.2) is 5.69 Å². The topological polar surface area (TPSA) is 55.1 Å². The molecule has 0 aliphatic rings. The number of hydrogen-bond acceptors (Lipinski definition) is 2. The van der Waals surface area contributed by atoms with Gasteiger partial charge in [0.2, 0.25) is 0 Å². The molecular formula is C16H20N2O2. The number of carboxylic acid groups (broad SMARTS) is 1. The molecule has 1 aromatic heterocycles. The van der Waals surface area contributed by atoms with Crippen LogP contribution in [0.5, 0.6) is 0 Å². The lowest BCUT2D eigenvalue weighted by molar-refractivity contribution is 0.0691. The normalized spacial score (nSPS) is 11.6. The fraction of sp³-hybridized carbons (Fsp3) is 0.375. The molecule has 0 bridgehead atoms. The number of carboxylic acids is 1. The number of aromatic nitrogens is 2. The Morgan fingerprint density at radius 1 is 1.25 bits per heavy atom. The van der Waals surface area contributed by atoms with Crippen molar-refractivity contribution in [2.75, 3.05) is 0 Å². The van der Waals surface area contributed by atoms with E-state index in [0.29, 0.717) is 12.4 Å². The van der Waals surface area contributed by atoms with Gasteiger partial charge in [0.1, 0.15) is 5.82 Å². The summed E-state index contributed by atoms with van der Waals surface area (Å²) in [5.74, 6) is -0.280. The Balaban J connectivity index is 2.20. The Morgan fingerprint density at radius 2 is 1.85 bits per heavy atom. The van der Waals surface area contributed by atoms with Gasteiger partial charge in [0.25, 0.3) is 0 Å². The molecule has 0 spiro atoms. The molecule has 0 saturated carbocycles. The zero-order valence-electron chi connectivity index (χ0n) is 12.3. The van der Waals surface area contributed by atoms with E-state index in [2.05, 4.69) is 50.0 Å². The molecule has 4 nitrogen and oxygen atoms in total. The highest BCUT2D eigenvalue weighted by atomic mass is 16.4. The van der Waals surface area contributed by atoms with Crippen molar-refractivity contribution >= 4 is 5.97 Å². The van der Waals surface area contributed by atoms with E-state index in [1.54, 1.807) is 6.20 Å². The summed E-state index contributed by atoms with van der Waals surface area (Å²) in [6.07, 6.45) is 1.58. The first-order chi connectivity index (χ1) is 9.27. The van der Waals surface area contributed by atoms with E-state index in [9.17, 15) is 4.79 Å². The Kier molecular flexibility index (Phi) is 3.66. The molecule has 106 valence electrons. The van der Waals surface area contributed by atoms with Gasteiger partial charge in [-0.25, -0.2) is 9.78 Å². The number of nitrogens with zero attached hydrogens (tertiary/aromatic N) is 2. The summed E-state index contributed by atoms with van der Waals surface area (Å²) in [4.78, 5) is 14.9. The average molecular weight is 272 g/mol. The average Bonchev–Trinajstić information content (AvgIpc) is 2.71. The Bertz CT molecular complexity index is 619. The van der Waals surface area contributed by atoms with Crippen LogP contribution in [-0.4, -0.2) is 20.6 Å². The zero-order chi connectivity index (χ0) is 14.9. The molecule has 1 N–H and O–H groups in total. The van der Waals surface area contributed by atoms with Gasteiger partial charge < -0.3 is 9.67 Å². The minimum Gasteiger partial charge on any atom is -0.476 e. The highest BCUT2D eigenvalue weighted by molar-refractivity contribution is 5.85. The molecule has 0 amide bonds. The van der Waals surface area contributed by atoms with Gasteiger partial charge in [-0.1, -0.05) is 45.0 Å². The number of aromatic carboxylic acids is 1. The van der Waals surface area contributed by atoms with Crippen LogP contribution in [0.1, 0.15) is 48.2 Å². The first-order valence-electron chi connectivity index (χ1n) is 6.64. The van der Waals surface area contributed by atoms with Crippen molar-refractivity contribution in [3.8, 4) is 0 Å². The molecule has 0 aliphatic carbocycles. The summed E-state index contributed by atoms with van der Waals surface area (Å²) >= 11 is 0. The van der Waals surface area contributed by atoms with Gasteiger partial charge >= 0.3 is 5.97 Å². The smallest absolute Gasteiger partial charge is 0.356 e. The molecule has 0 atom stereocenters. The molecule has 0 aliphatic heterocycles. The van der Waals surface area contributed by atoms with E-state index in [1.807, 2.05) is 11.5 Å². The maximum Gasteiger partial charge on any atom is 0.356 e. The van der Waals surface area contributed by atoms with E-state index >= 15 is 0 Å². The third kappa shape index (κ3) is 3.07. The van der Waals surface area contributed by atoms with Gasteiger partial charge in [-0.05, 0) is 23.5 Å². The van der Waals surface area contributed by atoms with Crippen LogP contribution in [0.15, 0.2) is 30.5 Å². The minimum absolute atomic E-state index is 0.0915. The van der Waals surface area contributed by atoms with Crippen molar-refractivity contribution in [2.45, 2.75) is 39.7 Å². The number of carbonyl (C=O) groups is 1. The van der Waals surface area contributed by atoms with Crippen LogP contribution in [0.2, 0.25) is 0 Å². The van der Waals surface area contributed by atoms with Gasteiger partial charge in [-0.3, -0.25) is 0 Å². The van der Waals surface area contributed by atoms with Crippen LogP contribution >= 0.6 is 0 Å². The molecular weight excluding hydrogens is 252 g/mol. The van der Waals surface area contributed by atoms with Crippen LogP contribution in [0.4, 0.5) is 0 Å². The van der Waals surface area contributed by atoms with Crippen molar-refractivity contribution in [3.05, 3.63) is 53.1 Å². The molecule has 0 unspecified atom stereocenters. The summed E-state index contributed by atoms with van der Waals surface area (Å²) in [6, 6.07) is 8.42. The Labute approximate surface area is 119 Å². The summed E-state index contributed by atoms with van der Waals surface area (Å²) in [6.45, 7) is 9.00. The van der Waals surface area contributed by atoms with Gasteiger partial charge in [0.05, 0.1) is 0 Å². The predicted octanol–water partition coefficient (Wildman–Crippen LogP) is 3.24. The Hall–Kier alpha value is -2.10. The maximum absolute atomic E-state index is 10.9. The largest absolute Gasteiger partial charge is 0.476 e. The second-order valence-electron chi connectivity index (χ2n) is 6.05. The molecule has 20 heavy (non-hydrogen) atoms. The van der Waals surface area contributed by atoms with Crippen LogP contribution < -0.4 is 0 Å². The summed E-state index contributed by atoms with van der Waals surface area (Å²) in [5, 5.41) is 8.94. The predicted molar refractivity (Wildman–Crippen MR) is 78.2 cm³/mol. The molecule has 1 aromatic carbocycles. The molecule has 0 saturated heterocycles. The van der Waals surface area contributed by atoms with Crippen molar-refractivity contribution in [1.82, 2.24) is 9.55 Å². The number of aryl methyl sites for hydroxylation is 1. The van der Waals surface area contributed by atoms with Crippen LogP contribution in [0, 0.1) is 6.92 Å². The van der Waals surface area contributed by atoms with E-state index in [0.717, 1.165) is 5.56 Å². The van der Waals surface area contributed by atoms with Crippen LogP contribution in [0.25, 0.3) is 0 Å². The van der Waals surface area contributed by atoms with Gasteiger partial charge in [-0.2, -0.15) is 0 Å². The quantitative estimate of drug-likeness (QED) is 0.933. The lowest BCUT2D eigenvalue weighted by atomic mass is 9.87. The lowest BCUT2D eigenvalue weighted by Crippen LogP contribution is -2.11. The number of imidazole rings is 1. The molecule has 0 radical (unpaired) electrons.